The first-order chi connectivity index (χ1) is 12.6. The molecule has 1 aromatic carbocycles. The van der Waals surface area contributed by atoms with E-state index in [9.17, 15) is 9.59 Å². The van der Waals surface area contributed by atoms with Gasteiger partial charge in [-0.15, -0.1) is 12.4 Å². The first-order valence-electron chi connectivity index (χ1n) is 8.91. The lowest BCUT2D eigenvalue weighted by molar-refractivity contribution is -0.128. The van der Waals surface area contributed by atoms with Gasteiger partial charge in [-0.1, -0.05) is 30.3 Å². The van der Waals surface area contributed by atoms with Gasteiger partial charge >= 0.3 is 0 Å². The zero-order valence-corrected chi connectivity index (χ0v) is 16.2. The largest absolute Gasteiger partial charge is 0.354 e. The second-order valence-corrected chi connectivity index (χ2v) is 6.62. The van der Waals surface area contributed by atoms with Crippen molar-refractivity contribution in [2.24, 2.45) is 13.0 Å². The molecule has 1 aliphatic rings. The minimum absolute atomic E-state index is 0. The van der Waals surface area contributed by atoms with Crippen molar-refractivity contribution in [3.63, 3.8) is 0 Å². The van der Waals surface area contributed by atoms with Crippen LogP contribution in [0.25, 0.3) is 0 Å². The highest BCUT2D eigenvalue weighted by atomic mass is 35.5. The lowest BCUT2D eigenvalue weighted by Gasteiger charge is -2.17. The molecule has 0 unspecified atom stereocenters. The van der Waals surface area contributed by atoms with Crippen molar-refractivity contribution in [1.29, 1.82) is 0 Å². The summed E-state index contributed by atoms with van der Waals surface area (Å²) in [4.78, 5) is 24.4. The Bertz CT molecular complexity index is 750. The maximum atomic E-state index is 12.5. The summed E-state index contributed by atoms with van der Waals surface area (Å²) in [5.74, 6) is -0.360. The molecule has 7 nitrogen and oxygen atoms in total. The predicted molar refractivity (Wildman–Crippen MR) is 106 cm³/mol. The fourth-order valence-electron chi connectivity index (χ4n) is 3.29. The van der Waals surface area contributed by atoms with Gasteiger partial charge in [0.1, 0.15) is 0 Å². The highest BCUT2D eigenvalue weighted by Crippen LogP contribution is 2.27. The molecule has 8 heteroatoms. The SMILES string of the molecule is Cl.Cn1cc([C@H]2CNC[C@@H]2C(=O)NCC(=O)NCCc2ccccc2)cn1. The Labute approximate surface area is 165 Å². The van der Waals surface area contributed by atoms with Crippen LogP contribution in [0.15, 0.2) is 42.7 Å². The minimum Gasteiger partial charge on any atom is -0.354 e. The Kier molecular flexibility index (Phi) is 7.82. The van der Waals surface area contributed by atoms with E-state index in [4.69, 9.17) is 0 Å². The number of halogens is 1. The van der Waals surface area contributed by atoms with Gasteiger partial charge in [0.25, 0.3) is 0 Å². The van der Waals surface area contributed by atoms with Gasteiger partial charge in [0.2, 0.25) is 11.8 Å². The summed E-state index contributed by atoms with van der Waals surface area (Å²) in [6.45, 7) is 1.92. The number of aryl methyl sites for hydroxylation is 1. The van der Waals surface area contributed by atoms with Crippen LogP contribution < -0.4 is 16.0 Å². The number of rotatable bonds is 7. The van der Waals surface area contributed by atoms with E-state index in [1.54, 1.807) is 10.9 Å². The van der Waals surface area contributed by atoms with Crippen LogP contribution in [0.2, 0.25) is 0 Å². The normalized spacial score (nSPS) is 18.6. The van der Waals surface area contributed by atoms with E-state index in [-0.39, 0.29) is 42.6 Å². The van der Waals surface area contributed by atoms with E-state index in [2.05, 4.69) is 21.0 Å². The molecule has 2 amide bonds. The molecule has 3 rings (SSSR count). The topological polar surface area (TPSA) is 88.0 Å². The molecule has 2 heterocycles. The summed E-state index contributed by atoms with van der Waals surface area (Å²) in [6.07, 6.45) is 4.51. The number of carbonyl (C=O) groups excluding carboxylic acids is 2. The predicted octanol–water partition coefficient (Wildman–Crippen LogP) is 0.620. The molecule has 0 saturated carbocycles. The van der Waals surface area contributed by atoms with E-state index in [1.165, 1.54) is 5.56 Å². The molecule has 27 heavy (non-hydrogen) atoms. The second kappa shape index (κ2) is 10.1. The van der Waals surface area contributed by atoms with Gasteiger partial charge in [-0.3, -0.25) is 14.3 Å². The third kappa shape index (κ3) is 5.80. The van der Waals surface area contributed by atoms with Gasteiger partial charge < -0.3 is 16.0 Å². The molecule has 2 atom stereocenters. The fraction of sp³-hybridized carbons (Fsp3) is 0.421. The zero-order valence-electron chi connectivity index (χ0n) is 15.4. The van der Waals surface area contributed by atoms with Crippen molar-refractivity contribution >= 4 is 24.2 Å². The van der Waals surface area contributed by atoms with Gasteiger partial charge in [0, 0.05) is 38.8 Å². The standard InChI is InChI=1S/C19H25N5O2.ClH/c1-24-13-15(9-23-24)16-10-20-11-17(16)19(26)22-12-18(25)21-8-7-14-5-3-2-4-6-14;/h2-6,9,13,16-17,20H,7-8,10-12H2,1H3,(H,21,25)(H,22,26);1H/t16-,17+;/m1./s1. The average molecular weight is 392 g/mol. The molecule has 0 bridgehead atoms. The molecule has 1 aromatic heterocycles. The molecule has 146 valence electrons. The van der Waals surface area contributed by atoms with Gasteiger partial charge in [0.05, 0.1) is 18.7 Å². The summed E-state index contributed by atoms with van der Waals surface area (Å²) in [6, 6.07) is 9.98. The fourth-order valence-corrected chi connectivity index (χ4v) is 3.29. The van der Waals surface area contributed by atoms with Crippen LogP contribution >= 0.6 is 12.4 Å². The molecule has 3 N–H and O–H groups in total. The monoisotopic (exact) mass is 391 g/mol. The average Bonchev–Trinajstić information content (AvgIpc) is 3.29. The van der Waals surface area contributed by atoms with E-state index in [1.807, 2.05) is 43.6 Å². The number of aromatic nitrogens is 2. The smallest absolute Gasteiger partial charge is 0.239 e. The van der Waals surface area contributed by atoms with Crippen LogP contribution in [0.4, 0.5) is 0 Å². The molecule has 1 fully saturated rings. The van der Waals surface area contributed by atoms with E-state index in [0.29, 0.717) is 13.1 Å². The lowest BCUT2D eigenvalue weighted by Crippen LogP contribution is -2.41. The van der Waals surface area contributed by atoms with Crippen LogP contribution in [-0.4, -0.2) is 47.8 Å². The van der Waals surface area contributed by atoms with Crippen molar-refractivity contribution in [3.8, 4) is 0 Å². The molecule has 1 saturated heterocycles. The summed E-state index contributed by atoms with van der Waals surface area (Å²) >= 11 is 0. The maximum absolute atomic E-state index is 12.5. The van der Waals surface area contributed by atoms with Crippen LogP contribution in [0.3, 0.4) is 0 Å². The van der Waals surface area contributed by atoms with Gasteiger partial charge in [-0.25, -0.2) is 0 Å². The number of nitrogens with one attached hydrogen (secondary N) is 3. The number of amides is 2. The van der Waals surface area contributed by atoms with Crippen LogP contribution in [0.1, 0.15) is 17.0 Å². The quantitative estimate of drug-likeness (QED) is 0.645. The molecular formula is C19H26ClN5O2. The van der Waals surface area contributed by atoms with Crippen LogP contribution in [0, 0.1) is 5.92 Å². The Morgan fingerprint density at radius 2 is 2.00 bits per heavy atom. The molecular weight excluding hydrogens is 366 g/mol. The Morgan fingerprint density at radius 3 is 2.70 bits per heavy atom. The number of benzene rings is 1. The van der Waals surface area contributed by atoms with E-state index >= 15 is 0 Å². The summed E-state index contributed by atoms with van der Waals surface area (Å²) in [5, 5.41) is 13.0. The number of hydrogen-bond donors (Lipinski definition) is 3. The Morgan fingerprint density at radius 1 is 1.22 bits per heavy atom. The molecule has 0 aliphatic carbocycles. The molecule has 0 radical (unpaired) electrons. The number of nitrogens with zero attached hydrogens (tertiary/aromatic N) is 2. The van der Waals surface area contributed by atoms with E-state index in [0.717, 1.165) is 18.5 Å². The second-order valence-electron chi connectivity index (χ2n) is 6.62. The zero-order chi connectivity index (χ0) is 18.4. The van der Waals surface area contributed by atoms with Crippen molar-refractivity contribution in [3.05, 3.63) is 53.9 Å². The third-order valence-corrected chi connectivity index (χ3v) is 4.71. The highest BCUT2D eigenvalue weighted by molar-refractivity contribution is 5.86. The van der Waals surface area contributed by atoms with Gasteiger partial charge in [-0.2, -0.15) is 5.10 Å². The Hall–Kier alpha value is -2.38. The highest BCUT2D eigenvalue weighted by Gasteiger charge is 2.34. The van der Waals surface area contributed by atoms with Crippen LogP contribution in [-0.2, 0) is 23.1 Å². The molecule has 0 spiro atoms. The van der Waals surface area contributed by atoms with Crippen LogP contribution in [0.5, 0.6) is 0 Å². The van der Waals surface area contributed by atoms with Gasteiger partial charge in [0.15, 0.2) is 0 Å². The summed E-state index contributed by atoms with van der Waals surface area (Å²) < 4.78 is 1.74. The first kappa shape index (κ1) is 20.9. The van der Waals surface area contributed by atoms with Crippen molar-refractivity contribution in [1.82, 2.24) is 25.7 Å². The maximum Gasteiger partial charge on any atom is 0.239 e. The van der Waals surface area contributed by atoms with Crippen molar-refractivity contribution in [2.45, 2.75) is 12.3 Å². The van der Waals surface area contributed by atoms with E-state index < -0.39 is 0 Å². The summed E-state index contributed by atoms with van der Waals surface area (Å²) in [7, 11) is 1.86. The van der Waals surface area contributed by atoms with Gasteiger partial charge in [-0.05, 0) is 17.5 Å². The van der Waals surface area contributed by atoms with Crippen molar-refractivity contribution < 1.29 is 9.59 Å². The Balaban J connectivity index is 0.00000261. The third-order valence-electron chi connectivity index (χ3n) is 4.71. The molecule has 2 aromatic rings. The lowest BCUT2D eigenvalue weighted by atomic mass is 9.90. The summed E-state index contributed by atoms with van der Waals surface area (Å²) in [5.41, 5.74) is 2.22. The minimum atomic E-state index is -0.184. The van der Waals surface area contributed by atoms with Crippen molar-refractivity contribution in [2.75, 3.05) is 26.2 Å². The molecule has 1 aliphatic heterocycles. The number of carbonyl (C=O) groups is 2. The first-order valence-corrected chi connectivity index (χ1v) is 8.91. The number of hydrogen-bond acceptors (Lipinski definition) is 4.